The number of nitrogens with zero attached hydrogens (tertiary/aromatic N) is 6. The highest BCUT2D eigenvalue weighted by molar-refractivity contribution is 7.15. The Labute approximate surface area is 200 Å². The number of hydrogen-bond donors (Lipinski definition) is 0. The number of aliphatic imine (C=N–C) groups is 1. The van der Waals surface area contributed by atoms with E-state index in [9.17, 15) is 10.1 Å². The van der Waals surface area contributed by atoms with Gasteiger partial charge in [-0.25, -0.2) is 4.79 Å². The topological polar surface area (TPSA) is 96.4 Å². The lowest BCUT2D eigenvalue weighted by Gasteiger charge is -2.29. The molecule has 1 amide bonds. The quantitative estimate of drug-likeness (QED) is 0.540. The molecule has 0 radical (unpaired) electrons. The number of hydrogen-bond acceptors (Lipinski definition) is 7. The van der Waals surface area contributed by atoms with Gasteiger partial charge in [-0.05, 0) is 38.8 Å². The second-order valence-electron chi connectivity index (χ2n) is 8.49. The van der Waals surface area contributed by atoms with Crippen molar-refractivity contribution >= 4 is 34.7 Å². The SMILES string of the molecule is Cc1nnc2n1-c1sc3c(c1C(c1ccccc1Cl)=NC2)CCN(C(=O)OC(C)(C)C#N)C3. The minimum Gasteiger partial charge on any atom is -0.428 e. The van der Waals surface area contributed by atoms with Gasteiger partial charge in [-0.15, -0.1) is 21.5 Å². The monoisotopic (exact) mass is 480 g/mol. The minimum absolute atomic E-state index is 0.402. The molecule has 2 aliphatic rings. The zero-order chi connectivity index (χ0) is 23.3. The third kappa shape index (κ3) is 3.69. The standard InChI is InChI=1S/C23H21ClN6O2S/c1-13-27-28-18-10-26-20(14-6-4-5-7-16(14)24)19-15-8-9-29(22(31)32-23(2,3)12-25)11-17(15)33-21(19)30(13)18/h4-7H,8-11H2,1-3H3. The van der Waals surface area contributed by atoms with Crippen LogP contribution >= 0.6 is 22.9 Å². The maximum atomic E-state index is 12.7. The summed E-state index contributed by atoms with van der Waals surface area (Å²) in [4.78, 5) is 20.3. The molecule has 2 aliphatic heterocycles. The largest absolute Gasteiger partial charge is 0.428 e. The van der Waals surface area contributed by atoms with E-state index in [1.807, 2.05) is 41.8 Å². The first-order valence-electron chi connectivity index (χ1n) is 10.5. The number of thiophene rings is 1. The summed E-state index contributed by atoms with van der Waals surface area (Å²) >= 11 is 8.18. The third-order valence-electron chi connectivity index (χ3n) is 5.75. The van der Waals surface area contributed by atoms with Gasteiger partial charge in [-0.2, -0.15) is 5.26 Å². The molecule has 1 aromatic carbocycles. The normalized spacial score (nSPS) is 15.0. The van der Waals surface area contributed by atoms with Crippen molar-refractivity contribution in [3.63, 3.8) is 0 Å². The second-order valence-corrected chi connectivity index (χ2v) is 9.98. The predicted octanol–water partition coefficient (Wildman–Crippen LogP) is 4.44. The Balaban J connectivity index is 1.61. The number of benzene rings is 1. The summed E-state index contributed by atoms with van der Waals surface area (Å²) in [6.07, 6.45) is 0.153. The van der Waals surface area contributed by atoms with E-state index < -0.39 is 11.7 Å². The van der Waals surface area contributed by atoms with Crippen LogP contribution in [0.3, 0.4) is 0 Å². The summed E-state index contributed by atoms with van der Waals surface area (Å²) in [5, 5.41) is 19.4. The van der Waals surface area contributed by atoms with E-state index in [1.165, 1.54) is 0 Å². The van der Waals surface area contributed by atoms with Gasteiger partial charge in [0.25, 0.3) is 0 Å². The van der Waals surface area contributed by atoms with Gasteiger partial charge >= 0.3 is 6.09 Å². The van der Waals surface area contributed by atoms with Crippen LogP contribution in [0.1, 0.15) is 47.1 Å². The van der Waals surface area contributed by atoms with E-state index in [4.69, 9.17) is 21.3 Å². The van der Waals surface area contributed by atoms with Crippen LogP contribution in [0.15, 0.2) is 29.3 Å². The molecule has 0 bridgehead atoms. The number of carbonyl (C=O) groups is 1. The molecule has 10 heteroatoms. The van der Waals surface area contributed by atoms with Crippen molar-refractivity contribution in [2.45, 2.75) is 45.9 Å². The maximum Gasteiger partial charge on any atom is 0.411 e. The zero-order valence-electron chi connectivity index (χ0n) is 18.4. The Morgan fingerprint density at radius 1 is 1.30 bits per heavy atom. The number of aromatic nitrogens is 3. The molecule has 0 unspecified atom stereocenters. The molecule has 8 nitrogen and oxygen atoms in total. The number of ether oxygens (including phenoxy) is 1. The van der Waals surface area contributed by atoms with Crippen molar-refractivity contribution in [3.05, 3.63) is 62.5 Å². The van der Waals surface area contributed by atoms with E-state index in [1.54, 1.807) is 30.1 Å². The molecule has 3 aromatic rings. The zero-order valence-corrected chi connectivity index (χ0v) is 20.0. The van der Waals surface area contributed by atoms with E-state index >= 15 is 0 Å². The molecular formula is C23H21ClN6O2S. The van der Waals surface area contributed by atoms with Crippen molar-refractivity contribution < 1.29 is 9.53 Å². The van der Waals surface area contributed by atoms with Crippen LogP contribution in [0.25, 0.3) is 5.00 Å². The molecule has 0 saturated heterocycles. The van der Waals surface area contributed by atoms with E-state index in [0.717, 1.165) is 43.9 Å². The van der Waals surface area contributed by atoms with Gasteiger partial charge in [0.2, 0.25) is 0 Å². The van der Waals surface area contributed by atoms with Gasteiger partial charge in [-0.1, -0.05) is 29.8 Å². The molecule has 0 aliphatic carbocycles. The summed E-state index contributed by atoms with van der Waals surface area (Å²) in [5.74, 6) is 1.55. The van der Waals surface area contributed by atoms with Gasteiger partial charge < -0.3 is 9.64 Å². The Kier molecular flexibility index (Phi) is 5.22. The second kappa shape index (κ2) is 7.97. The number of fused-ring (bicyclic) bond motifs is 5. The lowest BCUT2D eigenvalue weighted by Crippen LogP contribution is -2.40. The Morgan fingerprint density at radius 3 is 2.85 bits per heavy atom. The van der Waals surface area contributed by atoms with Gasteiger partial charge in [0.05, 0.1) is 12.3 Å². The fraction of sp³-hybridized carbons (Fsp3) is 0.348. The highest BCUT2D eigenvalue weighted by Gasteiger charge is 2.34. The number of rotatable bonds is 2. The molecule has 0 spiro atoms. The van der Waals surface area contributed by atoms with Crippen molar-refractivity contribution in [2.75, 3.05) is 6.54 Å². The molecule has 4 heterocycles. The van der Waals surface area contributed by atoms with Crippen LogP contribution in [-0.4, -0.2) is 43.6 Å². The fourth-order valence-corrected chi connectivity index (χ4v) is 5.78. The molecule has 0 fully saturated rings. The van der Waals surface area contributed by atoms with Gasteiger partial charge in [-0.3, -0.25) is 9.56 Å². The molecular weight excluding hydrogens is 460 g/mol. The lowest BCUT2D eigenvalue weighted by molar-refractivity contribution is 0.0423. The Hall–Kier alpha value is -3.22. The lowest BCUT2D eigenvalue weighted by atomic mass is 9.95. The molecule has 0 saturated carbocycles. The van der Waals surface area contributed by atoms with E-state index in [2.05, 4.69) is 10.2 Å². The first kappa shape index (κ1) is 21.6. The van der Waals surface area contributed by atoms with Crippen LogP contribution in [-0.2, 0) is 24.2 Å². The van der Waals surface area contributed by atoms with Crippen LogP contribution < -0.4 is 0 Å². The number of carbonyl (C=O) groups excluding carboxylic acids is 1. The van der Waals surface area contributed by atoms with E-state index in [-0.39, 0.29) is 0 Å². The van der Waals surface area contributed by atoms with Crippen molar-refractivity contribution in [2.24, 2.45) is 4.99 Å². The first-order valence-corrected chi connectivity index (χ1v) is 11.7. The van der Waals surface area contributed by atoms with E-state index in [0.29, 0.717) is 31.1 Å². The van der Waals surface area contributed by atoms with Gasteiger partial charge in [0, 0.05) is 27.6 Å². The predicted molar refractivity (Wildman–Crippen MR) is 125 cm³/mol. The number of halogens is 1. The molecule has 0 atom stereocenters. The molecule has 2 aromatic heterocycles. The molecule has 33 heavy (non-hydrogen) atoms. The highest BCUT2D eigenvalue weighted by Crippen LogP contribution is 2.40. The van der Waals surface area contributed by atoms with Crippen LogP contribution in [0, 0.1) is 18.3 Å². The minimum atomic E-state index is -1.18. The summed E-state index contributed by atoms with van der Waals surface area (Å²) < 4.78 is 7.45. The molecule has 0 N–H and O–H groups in total. The smallest absolute Gasteiger partial charge is 0.411 e. The van der Waals surface area contributed by atoms with Crippen molar-refractivity contribution in [1.29, 1.82) is 5.26 Å². The molecule has 168 valence electrons. The number of nitriles is 1. The average molecular weight is 481 g/mol. The Bertz CT molecular complexity index is 1350. The van der Waals surface area contributed by atoms with Gasteiger partial charge in [0.15, 0.2) is 11.4 Å². The molecule has 5 rings (SSSR count). The van der Waals surface area contributed by atoms with Gasteiger partial charge in [0.1, 0.15) is 23.4 Å². The first-order chi connectivity index (χ1) is 15.8. The summed E-state index contributed by atoms with van der Waals surface area (Å²) in [5.41, 5.74) is 2.70. The Morgan fingerprint density at radius 2 is 2.09 bits per heavy atom. The van der Waals surface area contributed by atoms with Crippen molar-refractivity contribution in [3.8, 4) is 11.1 Å². The third-order valence-corrected chi connectivity index (χ3v) is 7.28. The summed E-state index contributed by atoms with van der Waals surface area (Å²) in [6.45, 7) is 6.37. The fourth-order valence-electron chi connectivity index (χ4n) is 4.13. The van der Waals surface area contributed by atoms with Crippen molar-refractivity contribution in [1.82, 2.24) is 19.7 Å². The van der Waals surface area contributed by atoms with Crippen LogP contribution in [0.2, 0.25) is 5.02 Å². The van der Waals surface area contributed by atoms with Crippen LogP contribution in [0.4, 0.5) is 4.79 Å². The highest BCUT2D eigenvalue weighted by atomic mass is 35.5. The summed E-state index contributed by atoms with van der Waals surface area (Å²) in [7, 11) is 0. The summed E-state index contributed by atoms with van der Waals surface area (Å²) in [6, 6.07) is 9.70. The number of amides is 1. The maximum absolute atomic E-state index is 12.7. The average Bonchev–Trinajstić information content (AvgIpc) is 3.29. The van der Waals surface area contributed by atoms with Crippen LogP contribution in [0.5, 0.6) is 0 Å². The number of aryl methyl sites for hydroxylation is 1.